The Labute approximate surface area is 262 Å². The number of aromatic nitrogens is 2. The molecule has 4 rings (SSSR count). The van der Waals surface area contributed by atoms with E-state index in [0.29, 0.717) is 39.2 Å². The molecule has 228 valence electrons. The Morgan fingerprint density at radius 1 is 1.14 bits per heavy atom. The van der Waals surface area contributed by atoms with Gasteiger partial charge in [0.25, 0.3) is 5.91 Å². The minimum Gasteiger partial charge on any atom is -0.375 e. The maximum absolute atomic E-state index is 13.6. The second-order valence-corrected chi connectivity index (χ2v) is 11.9. The third kappa shape index (κ3) is 9.05. The van der Waals surface area contributed by atoms with Crippen molar-refractivity contribution < 1.29 is 23.8 Å². The molecule has 11 heteroatoms. The molecule has 0 spiro atoms. The Bertz CT molecular complexity index is 1500. The Morgan fingerprint density at radius 3 is 2.56 bits per heavy atom. The summed E-state index contributed by atoms with van der Waals surface area (Å²) < 4.78 is 18.4. The number of hydrogen-bond acceptors (Lipinski definition) is 6. The second-order valence-electron chi connectivity index (χ2n) is 11.1. The highest BCUT2D eigenvalue weighted by Gasteiger charge is 2.29. The van der Waals surface area contributed by atoms with Gasteiger partial charge in [0.2, 0.25) is 5.91 Å². The van der Waals surface area contributed by atoms with Crippen LogP contribution in [0, 0.1) is 11.8 Å². The first-order chi connectivity index (χ1) is 20.6. The summed E-state index contributed by atoms with van der Waals surface area (Å²) in [7, 11) is 1.45. The molecule has 2 amide bonds. The normalized spacial score (nSPS) is 15.0. The molecule has 0 radical (unpaired) electrons. The molecule has 43 heavy (non-hydrogen) atoms. The van der Waals surface area contributed by atoms with Crippen molar-refractivity contribution in [1.29, 1.82) is 0 Å². The molecule has 1 unspecified atom stereocenters. The van der Waals surface area contributed by atoms with E-state index in [1.807, 2.05) is 32.9 Å². The third-order valence-corrected chi connectivity index (χ3v) is 6.97. The highest BCUT2D eigenvalue weighted by molar-refractivity contribution is 6.32. The number of ether oxygens (including phenoxy) is 3. The molecule has 1 atom stereocenters. The summed E-state index contributed by atoms with van der Waals surface area (Å²) in [4.78, 5) is 25.2. The molecule has 3 aromatic rings. The molecule has 1 fully saturated rings. The summed E-state index contributed by atoms with van der Waals surface area (Å²) in [6.45, 7) is 6.61. The summed E-state index contributed by atoms with van der Waals surface area (Å²) in [5.74, 6) is 5.32. The number of carbonyl (C=O) groups excluding carboxylic acids is 2. The topological polar surface area (TPSA) is 104 Å². The minimum absolute atomic E-state index is 0.0293. The molecule has 1 aliphatic rings. The quantitative estimate of drug-likeness (QED) is 0.303. The first kappa shape index (κ1) is 32.5. The van der Waals surface area contributed by atoms with Crippen molar-refractivity contribution in [2.75, 3.05) is 26.9 Å². The van der Waals surface area contributed by atoms with Crippen LogP contribution in [0.5, 0.6) is 0 Å². The molecular weight excluding hydrogens is 591 g/mol. The van der Waals surface area contributed by atoms with E-state index >= 15 is 0 Å². The van der Waals surface area contributed by atoms with E-state index in [-0.39, 0.29) is 43.6 Å². The maximum Gasteiger partial charge on any atom is 0.272 e. The molecule has 0 saturated carbocycles. The lowest BCUT2D eigenvalue weighted by Crippen LogP contribution is -2.41. The van der Waals surface area contributed by atoms with Crippen molar-refractivity contribution in [2.24, 2.45) is 0 Å². The molecule has 2 heterocycles. The van der Waals surface area contributed by atoms with Gasteiger partial charge in [0, 0.05) is 41.0 Å². The van der Waals surface area contributed by atoms with Crippen molar-refractivity contribution in [3.05, 3.63) is 69.3 Å². The van der Waals surface area contributed by atoms with E-state index in [4.69, 9.17) is 42.5 Å². The third-order valence-electron chi connectivity index (χ3n) is 6.41. The van der Waals surface area contributed by atoms with Crippen LogP contribution in [0.25, 0.3) is 16.9 Å². The van der Waals surface area contributed by atoms with Gasteiger partial charge in [-0.05, 0) is 70.4 Å². The number of nitrogens with one attached hydrogen (secondary N) is 2. The Hall–Kier alpha value is -3.39. The van der Waals surface area contributed by atoms with E-state index in [1.165, 1.54) is 7.11 Å². The molecule has 1 aliphatic heterocycles. The first-order valence-electron chi connectivity index (χ1n) is 14.0. The van der Waals surface area contributed by atoms with Crippen LogP contribution in [0.4, 0.5) is 0 Å². The fourth-order valence-electron chi connectivity index (χ4n) is 4.49. The van der Waals surface area contributed by atoms with E-state index in [0.717, 1.165) is 24.8 Å². The van der Waals surface area contributed by atoms with Gasteiger partial charge in [-0.15, -0.1) is 0 Å². The molecular formula is C32H36Cl2N4O5. The zero-order valence-electron chi connectivity index (χ0n) is 24.8. The summed E-state index contributed by atoms with van der Waals surface area (Å²) >= 11 is 13.0. The van der Waals surface area contributed by atoms with Gasteiger partial charge in [0.1, 0.15) is 6.61 Å². The fraction of sp³-hybridized carbons (Fsp3) is 0.406. The van der Waals surface area contributed by atoms with E-state index in [2.05, 4.69) is 22.5 Å². The average molecular weight is 628 g/mol. The van der Waals surface area contributed by atoms with Gasteiger partial charge in [-0.1, -0.05) is 47.2 Å². The number of hydrogen-bond donors (Lipinski definition) is 2. The minimum atomic E-state index is -0.493. The Kier molecular flexibility index (Phi) is 11.2. The largest absolute Gasteiger partial charge is 0.375 e. The summed E-state index contributed by atoms with van der Waals surface area (Å²) in [5.41, 5.74) is 2.96. The fourth-order valence-corrected chi connectivity index (χ4v) is 4.88. The van der Waals surface area contributed by atoms with Crippen molar-refractivity contribution in [1.82, 2.24) is 20.4 Å². The lowest BCUT2D eigenvalue weighted by Gasteiger charge is -2.23. The van der Waals surface area contributed by atoms with Crippen molar-refractivity contribution in [3.8, 4) is 28.8 Å². The van der Waals surface area contributed by atoms with E-state index < -0.39 is 5.54 Å². The predicted molar refractivity (Wildman–Crippen MR) is 166 cm³/mol. The highest BCUT2D eigenvalue weighted by atomic mass is 35.5. The number of rotatable bonds is 9. The van der Waals surface area contributed by atoms with Gasteiger partial charge in [-0.25, -0.2) is 4.68 Å². The van der Waals surface area contributed by atoms with Gasteiger partial charge >= 0.3 is 0 Å². The number of nitrogens with zero attached hydrogens (tertiary/aromatic N) is 2. The van der Waals surface area contributed by atoms with Crippen molar-refractivity contribution in [2.45, 2.75) is 58.5 Å². The van der Waals surface area contributed by atoms with Gasteiger partial charge < -0.3 is 24.8 Å². The molecule has 2 aromatic carbocycles. The van der Waals surface area contributed by atoms with E-state index in [1.54, 1.807) is 35.0 Å². The van der Waals surface area contributed by atoms with Crippen LogP contribution in [0.3, 0.4) is 0 Å². The zero-order chi connectivity index (χ0) is 31.0. The van der Waals surface area contributed by atoms with Crippen molar-refractivity contribution >= 4 is 35.0 Å². The van der Waals surface area contributed by atoms with Crippen LogP contribution in [-0.2, 0) is 25.6 Å². The predicted octanol–water partition coefficient (Wildman–Crippen LogP) is 5.53. The van der Waals surface area contributed by atoms with Crippen LogP contribution in [0.2, 0.25) is 10.0 Å². The van der Waals surface area contributed by atoms with Crippen LogP contribution >= 0.6 is 23.2 Å². The smallest absolute Gasteiger partial charge is 0.272 e. The first-order valence-corrected chi connectivity index (χ1v) is 14.8. The summed E-state index contributed by atoms with van der Waals surface area (Å²) in [6, 6.07) is 12.6. The number of benzene rings is 2. The SMILES string of the molecule is COCC(=O)NCC#Cc1ccc(-n2nc(C(=O)NC(C)(C)C)c(COC3CCCCO3)c2-c2ccc(Cl)cc2)c(Cl)c1. The highest BCUT2D eigenvalue weighted by Crippen LogP contribution is 2.34. The van der Waals surface area contributed by atoms with Gasteiger partial charge in [-0.2, -0.15) is 5.10 Å². The molecule has 2 N–H and O–H groups in total. The molecule has 0 bridgehead atoms. The molecule has 1 aromatic heterocycles. The van der Waals surface area contributed by atoms with Crippen LogP contribution in [0.1, 0.15) is 61.6 Å². The van der Waals surface area contributed by atoms with Gasteiger partial charge in [0.15, 0.2) is 12.0 Å². The lowest BCUT2D eigenvalue weighted by atomic mass is 10.0. The van der Waals surface area contributed by atoms with Crippen molar-refractivity contribution in [3.63, 3.8) is 0 Å². The number of amides is 2. The van der Waals surface area contributed by atoms with Crippen LogP contribution < -0.4 is 10.6 Å². The second kappa shape index (κ2) is 14.9. The number of halogens is 2. The van der Waals surface area contributed by atoms with Crippen LogP contribution in [0.15, 0.2) is 42.5 Å². The molecule has 0 aliphatic carbocycles. The van der Waals surface area contributed by atoms with E-state index in [9.17, 15) is 9.59 Å². The molecule has 1 saturated heterocycles. The monoisotopic (exact) mass is 626 g/mol. The number of carbonyl (C=O) groups is 2. The zero-order valence-corrected chi connectivity index (χ0v) is 26.3. The molecule has 9 nitrogen and oxygen atoms in total. The maximum atomic E-state index is 13.6. The Balaban J connectivity index is 1.77. The lowest BCUT2D eigenvalue weighted by molar-refractivity contribution is -0.168. The van der Waals surface area contributed by atoms with Gasteiger partial charge in [0.05, 0.1) is 29.6 Å². The average Bonchev–Trinajstić information content (AvgIpc) is 3.34. The number of methoxy groups -OCH3 is 1. The Morgan fingerprint density at radius 2 is 1.91 bits per heavy atom. The van der Waals surface area contributed by atoms with Gasteiger partial charge in [-0.3, -0.25) is 9.59 Å². The standard InChI is InChI=1S/C32H36Cl2N4O5/c1-32(2,3)36-31(40)29-24(19-43-28-9-5-6-17-42-28)30(22-11-13-23(33)14-12-22)38(37-29)26-15-10-21(18-25(26)34)8-7-16-35-27(39)20-41-4/h10-15,18,28H,5-6,9,16-17,19-20H2,1-4H3,(H,35,39)(H,36,40). The summed E-state index contributed by atoms with van der Waals surface area (Å²) in [6.07, 6.45) is 2.41. The summed E-state index contributed by atoms with van der Waals surface area (Å²) in [5, 5.41) is 11.4. The van der Waals surface area contributed by atoms with Crippen LogP contribution in [-0.4, -0.2) is 60.3 Å².